The Bertz CT molecular complexity index is 494. The molecule has 0 bridgehead atoms. The van der Waals surface area contributed by atoms with E-state index in [0.717, 1.165) is 23.7 Å². The largest absolute Gasteiger partial charge is 0.373 e. The molecule has 0 aromatic carbocycles. The molecule has 0 aliphatic heterocycles. The summed E-state index contributed by atoms with van der Waals surface area (Å²) in [6.07, 6.45) is 1.59. The molecular formula is C13H18N4S. The molecule has 2 aromatic heterocycles. The van der Waals surface area contributed by atoms with Crippen LogP contribution >= 0.6 is 11.3 Å². The summed E-state index contributed by atoms with van der Waals surface area (Å²) in [7, 11) is 1.89. The van der Waals surface area contributed by atoms with Crippen LogP contribution in [0.1, 0.15) is 30.2 Å². The molecule has 2 N–H and O–H groups in total. The van der Waals surface area contributed by atoms with Crippen molar-refractivity contribution in [2.45, 2.75) is 26.3 Å². The van der Waals surface area contributed by atoms with Gasteiger partial charge >= 0.3 is 0 Å². The summed E-state index contributed by atoms with van der Waals surface area (Å²) >= 11 is 1.74. The van der Waals surface area contributed by atoms with Gasteiger partial charge in [0.15, 0.2) is 0 Å². The summed E-state index contributed by atoms with van der Waals surface area (Å²) < 4.78 is 0. The summed E-state index contributed by atoms with van der Waals surface area (Å²) in [5.74, 6) is 2.19. The third-order valence-corrected chi connectivity index (χ3v) is 3.58. The fraction of sp³-hybridized carbons (Fsp3) is 0.385. The van der Waals surface area contributed by atoms with Gasteiger partial charge in [-0.3, -0.25) is 0 Å². The van der Waals surface area contributed by atoms with Crippen LogP contribution in [0.5, 0.6) is 0 Å². The highest BCUT2D eigenvalue weighted by atomic mass is 32.1. The second-order valence-corrected chi connectivity index (χ2v) is 5.35. The first-order valence-corrected chi connectivity index (χ1v) is 6.89. The molecule has 0 atom stereocenters. The first kappa shape index (κ1) is 12.8. The van der Waals surface area contributed by atoms with E-state index in [1.807, 2.05) is 7.05 Å². The van der Waals surface area contributed by atoms with E-state index in [-0.39, 0.29) is 0 Å². The Hall–Kier alpha value is -1.62. The molecule has 0 amide bonds. The smallest absolute Gasteiger partial charge is 0.135 e. The SMILES string of the molecule is CNc1ncnc(NCc2cccs2)c1C(C)C. The quantitative estimate of drug-likeness (QED) is 0.868. The maximum atomic E-state index is 4.35. The van der Waals surface area contributed by atoms with Gasteiger partial charge in [-0.25, -0.2) is 9.97 Å². The summed E-state index contributed by atoms with van der Waals surface area (Å²) in [6, 6.07) is 4.18. The van der Waals surface area contributed by atoms with E-state index in [2.05, 4.69) is 52.0 Å². The second-order valence-electron chi connectivity index (χ2n) is 4.32. The lowest BCUT2D eigenvalue weighted by Crippen LogP contribution is -2.09. The fourth-order valence-electron chi connectivity index (χ4n) is 1.87. The van der Waals surface area contributed by atoms with Crippen molar-refractivity contribution in [1.29, 1.82) is 0 Å². The number of anilines is 2. The van der Waals surface area contributed by atoms with Gasteiger partial charge in [-0.1, -0.05) is 19.9 Å². The Morgan fingerprint density at radius 2 is 2.06 bits per heavy atom. The van der Waals surface area contributed by atoms with Crippen molar-refractivity contribution >= 4 is 23.0 Å². The van der Waals surface area contributed by atoms with Crippen LogP contribution in [0.15, 0.2) is 23.8 Å². The van der Waals surface area contributed by atoms with E-state index in [1.54, 1.807) is 17.7 Å². The van der Waals surface area contributed by atoms with Crippen LogP contribution in [0.4, 0.5) is 11.6 Å². The van der Waals surface area contributed by atoms with Gasteiger partial charge in [0.25, 0.3) is 0 Å². The lowest BCUT2D eigenvalue weighted by Gasteiger charge is -2.16. The zero-order chi connectivity index (χ0) is 13.0. The molecule has 2 rings (SSSR count). The third-order valence-electron chi connectivity index (χ3n) is 2.71. The molecule has 2 heterocycles. The van der Waals surface area contributed by atoms with Crippen molar-refractivity contribution in [3.63, 3.8) is 0 Å². The number of aromatic nitrogens is 2. The first-order valence-electron chi connectivity index (χ1n) is 6.01. The Kier molecular flexibility index (Phi) is 4.15. The molecule has 96 valence electrons. The van der Waals surface area contributed by atoms with E-state index in [0.29, 0.717) is 5.92 Å². The number of hydrogen-bond donors (Lipinski definition) is 2. The van der Waals surface area contributed by atoms with E-state index in [4.69, 9.17) is 0 Å². The molecule has 0 unspecified atom stereocenters. The summed E-state index contributed by atoms with van der Waals surface area (Å²) in [5.41, 5.74) is 1.14. The van der Waals surface area contributed by atoms with Crippen molar-refractivity contribution in [3.8, 4) is 0 Å². The highest BCUT2D eigenvalue weighted by molar-refractivity contribution is 7.09. The molecule has 0 aliphatic carbocycles. The third kappa shape index (κ3) is 2.79. The maximum absolute atomic E-state index is 4.35. The molecule has 0 aliphatic rings. The number of thiophene rings is 1. The summed E-state index contributed by atoms with van der Waals surface area (Å²) in [5, 5.41) is 8.60. The van der Waals surface area contributed by atoms with Crippen LogP contribution in [0, 0.1) is 0 Å². The van der Waals surface area contributed by atoms with E-state index < -0.39 is 0 Å². The number of nitrogens with one attached hydrogen (secondary N) is 2. The van der Waals surface area contributed by atoms with Gasteiger partial charge in [0.1, 0.15) is 18.0 Å². The molecule has 0 saturated carbocycles. The molecule has 4 nitrogen and oxygen atoms in total. The van der Waals surface area contributed by atoms with Crippen molar-refractivity contribution in [3.05, 3.63) is 34.3 Å². The van der Waals surface area contributed by atoms with Crippen LogP contribution in [0.2, 0.25) is 0 Å². The maximum Gasteiger partial charge on any atom is 0.135 e. The molecule has 0 fully saturated rings. The Balaban J connectivity index is 2.21. The number of hydrogen-bond acceptors (Lipinski definition) is 5. The van der Waals surface area contributed by atoms with Crippen LogP contribution in [-0.4, -0.2) is 17.0 Å². The van der Waals surface area contributed by atoms with Gasteiger partial charge in [-0.05, 0) is 17.4 Å². The topological polar surface area (TPSA) is 49.8 Å². The minimum atomic E-state index is 0.375. The van der Waals surface area contributed by atoms with Crippen molar-refractivity contribution in [2.75, 3.05) is 17.7 Å². The molecule has 0 spiro atoms. The van der Waals surface area contributed by atoms with Crippen molar-refractivity contribution in [2.24, 2.45) is 0 Å². The first-order chi connectivity index (χ1) is 8.72. The molecule has 18 heavy (non-hydrogen) atoms. The highest BCUT2D eigenvalue weighted by Gasteiger charge is 2.13. The summed E-state index contributed by atoms with van der Waals surface area (Å²) in [6.45, 7) is 5.10. The zero-order valence-corrected chi connectivity index (χ0v) is 11.7. The normalized spacial score (nSPS) is 10.7. The minimum Gasteiger partial charge on any atom is -0.373 e. The number of nitrogens with zero attached hydrogens (tertiary/aromatic N) is 2. The van der Waals surface area contributed by atoms with Gasteiger partial charge in [0.05, 0.1) is 6.54 Å². The fourth-order valence-corrected chi connectivity index (χ4v) is 2.51. The van der Waals surface area contributed by atoms with Crippen LogP contribution in [0.25, 0.3) is 0 Å². The highest BCUT2D eigenvalue weighted by Crippen LogP contribution is 2.28. The Labute approximate surface area is 111 Å². The monoisotopic (exact) mass is 262 g/mol. The van der Waals surface area contributed by atoms with E-state index >= 15 is 0 Å². The minimum absolute atomic E-state index is 0.375. The van der Waals surface area contributed by atoms with Gasteiger partial charge in [0, 0.05) is 17.5 Å². The Morgan fingerprint density at radius 3 is 2.67 bits per heavy atom. The van der Waals surface area contributed by atoms with Crippen LogP contribution in [0.3, 0.4) is 0 Å². The van der Waals surface area contributed by atoms with Crippen molar-refractivity contribution in [1.82, 2.24) is 9.97 Å². The lowest BCUT2D eigenvalue weighted by atomic mass is 10.0. The van der Waals surface area contributed by atoms with Crippen LogP contribution in [-0.2, 0) is 6.54 Å². The average molecular weight is 262 g/mol. The van der Waals surface area contributed by atoms with Gasteiger partial charge in [-0.15, -0.1) is 11.3 Å². The molecule has 5 heteroatoms. The number of rotatable bonds is 5. The summed E-state index contributed by atoms with van der Waals surface area (Å²) in [4.78, 5) is 9.92. The zero-order valence-electron chi connectivity index (χ0n) is 10.9. The average Bonchev–Trinajstić information content (AvgIpc) is 2.88. The standard InChI is InChI=1S/C13H18N4S/c1-9(2)11-12(14-3)16-8-17-13(11)15-7-10-5-4-6-18-10/h4-6,8-9H,7H2,1-3H3,(H2,14,15,16,17). The van der Waals surface area contributed by atoms with Gasteiger partial charge in [-0.2, -0.15) is 0 Å². The second kappa shape index (κ2) is 5.82. The molecular weight excluding hydrogens is 244 g/mol. The van der Waals surface area contributed by atoms with E-state index in [1.165, 1.54) is 4.88 Å². The predicted octanol–water partition coefficient (Wildman–Crippen LogP) is 3.32. The lowest BCUT2D eigenvalue weighted by molar-refractivity contribution is 0.847. The molecule has 2 aromatic rings. The predicted molar refractivity (Wildman–Crippen MR) is 77.3 cm³/mol. The molecule has 0 saturated heterocycles. The Morgan fingerprint density at radius 1 is 1.28 bits per heavy atom. The molecule has 0 radical (unpaired) electrons. The van der Waals surface area contributed by atoms with Crippen molar-refractivity contribution < 1.29 is 0 Å². The van der Waals surface area contributed by atoms with Crippen LogP contribution < -0.4 is 10.6 Å². The van der Waals surface area contributed by atoms with E-state index in [9.17, 15) is 0 Å². The van der Waals surface area contributed by atoms with Gasteiger partial charge < -0.3 is 10.6 Å². The van der Waals surface area contributed by atoms with Gasteiger partial charge in [0.2, 0.25) is 0 Å².